The topological polar surface area (TPSA) is 221 Å². The highest BCUT2D eigenvalue weighted by Gasteiger charge is 2.47. The van der Waals surface area contributed by atoms with Gasteiger partial charge in [-0.15, -0.1) is 0 Å². The molecule has 3 aromatic rings. The van der Waals surface area contributed by atoms with Gasteiger partial charge < -0.3 is 69.3 Å². The zero-order valence-corrected chi connectivity index (χ0v) is 25.0. The van der Waals surface area contributed by atoms with Gasteiger partial charge in [-0.25, -0.2) is 0 Å². The molecule has 0 aliphatic carbocycles. The van der Waals surface area contributed by atoms with Crippen LogP contribution in [0, 0.1) is 0 Å². The van der Waals surface area contributed by atoms with Gasteiger partial charge in [-0.05, 0) is 35.2 Å². The van der Waals surface area contributed by atoms with E-state index >= 15 is 0 Å². The molecule has 15 heteroatoms. The van der Waals surface area contributed by atoms with Gasteiger partial charge in [0.25, 0.3) is 0 Å². The molecule has 4 heterocycles. The number of aliphatic hydroxyl groups excluding tert-OH is 8. The van der Waals surface area contributed by atoms with E-state index in [4.69, 9.17) is 28.4 Å². The molecule has 1 aromatic heterocycles. The third-order valence-electron chi connectivity index (χ3n) is 8.76. The minimum absolute atomic E-state index is 0.0133. The molecule has 6 rings (SSSR count). The molecule has 46 heavy (non-hydrogen) atoms. The van der Waals surface area contributed by atoms with Crippen molar-refractivity contribution < 1.29 is 73.8 Å². The van der Waals surface area contributed by atoms with Crippen LogP contribution in [-0.2, 0) is 22.4 Å². The zero-order chi connectivity index (χ0) is 32.9. The highest BCUT2D eigenvalue weighted by molar-refractivity contribution is 5.91. The van der Waals surface area contributed by atoms with Gasteiger partial charge >= 0.3 is 0 Å². The van der Waals surface area contributed by atoms with Crippen LogP contribution in [0.2, 0.25) is 0 Å². The number of aryl methyl sites for hydroxylation is 2. The third-order valence-corrected chi connectivity index (χ3v) is 8.76. The molecule has 0 spiro atoms. The van der Waals surface area contributed by atoms with E-state index in [2.05, 4.69) is 0 Å². The number of fused-ring (bicyclic) bond motifs is 4. The van der Waals surface area contributed by atoms with Gasteiger partial charge in [0.1, 0.15) is 48.8 Å². The lowest BCUT2D eigenvalue weighted by atomic mass is 9.94. The Morgan fingerprint density at radius 3 is 1.85 bits per heavy atom. The van der Waals surface area contributed by atoms with Gasteiger partial charge in [0.2, 0.25) is 18.3 Å². The number of aromatic nitrogens is 1. The largest absolute Gasteiger partial charge is 0.493 e. The molecule has 3 aliphatic rings. The molecule has 2 fully saturated rings. The van der Waals surface area contributed by atoms with Gasteiger partial charge in [-0.2, -0.15) is 4.57 Å². The van der Waals surface area contributed by atoms with E-state index in [1.54, 1.807) is 32.4 Å². The lowest BCUT2D eigenvalue weighted by Crippen LogP contribution is -2.60. The van der Waals surface area contributed by atoms with Crippen LogP contribution in [0.3, 0.4) is 0 Å². The van der Waals surface area contributed by atoms with Crippen LogP contribution in [0.1, 0.15) is 5.56 Å². The molecule has 0 unspecified atom stereocenters. The SMILES string of the molecule is COc1ccc2cc3[n+](cc2c1OC)CCc1cc(O[C@@H]2O[C@H](CO)[C@@H](O)[C@H](O)[C@H]2O)c(O[C@@H]2O[C@H](CO)[C@@H](O)[C@H](O)[C@H]2O)cc1-3. The fourth-order valence-corrected chi connectivity index (χ4v) is 6.15. The Hall–Kier alpha value is -3.35. The first-order valence-corrected chi connectivity index (χ1v) is 14.8. The van der Waals surface area contributed by atoms with E-state index in [9.17, 15) is 40.9 Å². The Kier molecular flexibility index (Phi) is 9.24. The first kappa shape index (κ1) is 32.6. The molecule has 0 saturated carbocycles. The Morgan fingerprint density at radius 2 is 1.30 bits per heavy atom. The zero-order valence-electron chi connectivity index (χ0n) is 25.0. The minimum Gasteiger partial charge on any atom is -0.493 e. The fourth-order valence-electron chi connectivity index (χ4n) is 6.15. The van der Waals surface area contributed by atoms with E-state index in [0.717, 1.165) is 22.0 Å². The molecule has 15 nitrogen and oxygen atoms in total. The van der Waals surface area contributed by atoms with Gasteiger partial charge in [-0.1, -0.05) is 0 Å². The molecular formula is C31H38NO14+. The van der Waals surface area contributed by atoms with E-state index < -0.39 is 74.6 Å². The number of hydrogen-bond acceptors (Lipinski definition) is 14. The second-order valence-corrected chi connectivity index (χ2v) is 11.5. The number of aliphatic hydroxyl groups is 8. The summed E-state index contributed by atoms with van der Waals surface area (Å²) in [5.41, 5.74) is 2.31. The Balaban J connectivity index is 1.43. The van der Waals surface area contributed by atoms with Crippen molar-refractivity contribution in [3.8, 4) is 34.3 Å². The number of nitrogens with zero attached hydrogens (tertiary/aromatic N) is 1. The molecular weight excluding hydrogens is 610 g/mol. The number of benzene rings is 2. The van der Waals surface area contributed by atoms with Crippen LogP contribution >= 0.6 is 0 Å². The normalized spacial score (nSPS) is 32.4. The molecule has 2 saturated heterocycles. The molecule has 0 bridgehead atoms. The van der Waals surface area contributed by atoms with Crippen molar-refractivity contribution in [2.45, 2.75) is 74.4 Å². The lowest BCUT2D eigenvalue weighted by Gasteiger charge is -2.41. The standard InChI is InChI=1S/C31H38NO14/c1-41-18-4-3-13-7-17-15-9-20(44-31-28(40)26(38)24(36)22(12-34)46-31)19(43-30-27(39)25(37)23(35)21(11-33)45-30)8-14(15)5-6-32(17)10-16(13)29(18)42-2/h3-4,7-10,21-28,30-31,33-40H,5-6,11-12H2,1-2H3/q+1/t21-,22-,23-,24-,25+,26+,27-,28-,30-,31-/m1/s1. The van der Waals surface area contributed by atoms with Crippen LogP contribution in [0.5, 0.6) is 23.0 Å². The van der Waals surface area contributed by atoms with Crippen molar-refractivity contribution in [2.75, 3.05) is 27.4 Å². The highest BCUT2D eigenvalue weighted by Crippen LogP contribution is 2.42. The second kappa shape index (κ2) is 13.0. The quantitative estimate of drug-likeness (QED) is 0.121. The highest BCUT2D eigenvalue weighted by atomic mass is 16.7. The predicted molar refractivity (Wildman–Crippen MR) is 155 cm³/mol. The average molecular weight is 649 g/mol. The molecule has 10 atom stereocenters. The number of hydrogen-bond donors (Lipinski definition) is 8. The maximum atomic E-state index is 10.7. The van der Waals surface area contributed by atoms with Gasteiger partial charge in [0.15, 0.2) is 35.7 Å². The summed E-state index contributed by atoms with van der Waals surface area (Å²) in [7, 11) is 3.13. The number of ether oxygens (including phenoxy) is 6. The Morgan fingerprint density at radius 1 is 0.717 bits per heavy atom. The van der Waals surface area contributed by atoms with Crippen LogP contribution in [0.25, 0.3) is 22.0 Å². The minimum atomic E-state index is -1.73. The fraction of sp³-hybridized carbons (Fsp3) is 0.516. The number of pyridine rings is 1. The summed E-state index contributed by atoms with van der Waals surface area (Å²) in [5.74, 6) is 1.11. The second-order valence-electron chi connectivity index (χ2n) is 11.5. The maximum absolute atomic E-state index is 10.7. The maximum Gasteiger partial charge on any atom is 0.229 e. The molecule has 0 amide bonds. The Bertz CT molecular complexity index is 1570. The number of rotatable bonds is 8. The summed E-state index contributed by atoms with van der Waals surface area (Å²) >= 11 is 0. The number of methoxy groups -OCH3 is 2. The summed E-state index contributed by atoms with van der Waals surface area (Å²) in [6.07, 6.45) is -13.2. The summed E-state index contributed by atoms with van der Waals surface area (Å²) < 4.78 is 36.3. The van der Waals surface area contributed by atoms with Crippen LogP contribution in [0.4, 0.5) is 0 Å². The predicted octanol–water partition coefficient (Wildman–Crippen LogP) is -2.27. The lowest BCUT2D eigenvalue weighted by molar-refractivity contribution is -0.686. The van der Waals surface area contributed by atoms with E-state index in [-0.39, 0.29) is 11.5 Å². The summed E-state index contributed by atoms with van der Waals surface area (Å²) in [4.78, 5) is 0. The smallest absolute Gasteiger partial charge is 0.229 e. The first-order valence-electron chi connectivity index (χ1n) is 14.8. The van der Waals surface area contributed by atoms with Crippen LogP contribution < -0.4 is 23.5 Å². The van der Waals surface area contributed by atoms with Crippen molar-refractivity contribution in [2.24, 2.45) is 0 Å². The van der Waals surface area contributed by atoms with Gasteiger partial charge in [-0.3, -0.25) is 0 Å². The monoisotopic (exact) mass is 648 g/mol. The molecule has 2 aromatic carbocycles. The van der Waals surface area contributed by atoms with Crippen LogP contribution in [-0.4, -0.2) is 130 Å². The Labute approximate surface area is 262 Å². The first-order chi connectivity index (χ1) is 22.1. The molecule has 3 aliphatic heterocycles. The molecule has 8 N–H and O–H groups in total. The van der Waals surface area contributed by atoms with Crippen molar-refractivity contribution in [1.82, 2.24) is 0 Å². The van der Waals surface area contributed by atoms with Crippen molar-refractivity contribution >= 4 is 10.8 Å². The van der Waals surface area contributed by atoms with E-state index in [1.807, 2.05) is 22.9 Å². The van der Waals surface area contributed by atoms with Crippen molar-refractivity contribution in [1.29, 1.82) is 0 Å². The van der Waals surface area contributed by atoms with E-state index in [1.165, 1.54) is 0 Å². The van der Waals surface area contributed by atoms with Crippen molar-refractivity contribution in [3.05, 3.63) is 42.1 Å². The van der Waals surface area contributed by atoms with Gasteiger partial charge in [0, 0.05) is 12.5 Å². The van der Waals surface area contributed by atoms with Crippen LogP contribution in [0.15, 0.2) is 36.5 Å². The molecule has 250 valence electrons. The summed E-state index contributed by atoms with van der Waals surface area (Å²) in [6, 6.07) is 8.91. The van der Waals surface area contributed by atoms with E-state index in [0.29, 0.717) is 30.0 Å². The van der Waals surface area contributed by atoms with Gasteiger partial charge in [0.05, 0.1) is 38.4 Å². The van der Waals surface area contributed by atoms with Crippen molar-refractivity contribution in [3.63, 3.8) is 0 Å². The average Bonchev–Trinajstić information content (AvgIpc) is 3.07. The summed E-state index contributed by atoms with van der Waals surface area (Å²) in [5, 5.41) is 83.6. The molecule has 0 radical (unpaired) electrons. The summed E-state index contributed by atoms with van der Waals surface area (Å²) in [6.45, 7) is -0.776. The third kappa shape index (κ3) is 5.62.